The molecule has 0 saturated heterocycles. The second-order valence-electron chi connectivity index (χ2n) is 3.32. The first-order chi connectivity index (χ1) is 7.61. The van der Waals surface area contributed by atoms with Gasteiger partial charge in [-0.2, -0.15) is 9.50 Å². The Bertz CT molecular complexity index is 598. The lowest BCUT2D eigenvalue weighted by atomic mass is 10.2. The lowest BCUT2D eigenvalue weighted by molar-refractivity contribution is -0.136. The smallest absolute Gasteiger partial charge is 0.308 e. The molecule has 0 aliphatic carbocycles. The molecule has 2 aromatic rings. The molecule has 0 amide bonds. The topological polar surface area (TPSA) is 100 Å². The number of carbonyl (C=O) groups is 1. The number of hydrogen-bond donors (Lipinski definition) is 2. The van der Waals surface area contributed by atoms with Gasteiger partial charge in [0.15, 0.2) is 0 Å². The van der Waals surface area contributed by atoms with Gasteiger partial charge in [0.2, 0.25) is 0 Å². The second-order valence-corrected chi connectivity index (χ2v) is 3.32. The van der Waals surface area contributed by atoms with E-state index in [1.54, 1.807) is 0 Å². The number of carboxylic acids is 1. The molecule has 2 rings (SSSR count). The van der Waals surface area contributed by atoms with Crippen molar-refractivity contribution in [1.29, 1.82) is 0 Å². The van der Waals surface area contributed by atoms with E-state index in [0.29, 0.717) is 12.2 Å². The Morgan fingerprint density at radius 1 is 1.62 bits per heavy atom. The summed E-state index contributed by atoms with van der Waals surface area (Å²) in [6, 6.07) is 0. The Morgan fingerprint density at radius 3 is 3.00 bits per heavy atom. The van der Waals surface area contributed by atoms with E-state index < -0.39 is 11.5 Å². The number of aliphatic carboxylic acids is 1. The van der Waals surface area contributed by atoms with Gasteiger partial charge in [0.25, 0.3) is 11.3 Å². The molecule has 2 heterocycles. The Kier molecular flexibility index (Phi) is 2.43. The number of aromatic nitrogens is 4. The predicted octanol–water partition coefficient (Wildman–Crippen LogP) is -0.393. The minimum absolute atomic E-state index is 0.135. The van der Waals surface area contributed by atoms with Crippen molar-refractivity contribution in [2.75, 3.05) is 0 Å². The van der Waals surface area contributed by atoms with Crippen LogP contribution in [0.1, 0.15) is 18.3 Å². The third-order valence-corrected chi connectivity index (χ3v) is 2.17. The molecule has 0 unspecified atom stereocenters. The number of H-pyrrole nitrogens is 1. The number of rotatable bonds is 3. The van der Waals surface area contributed by atoms with Gasteiger partial charge in [-0.05, 0) is 0 Å². The van der Waals surface area contributed by atoms with Crippen LogP contribution in [0.15, 0.2) is 11.0 Å². The van der Waals surface area contributed by atoms with Gasteiger partial charge in [-0.1, -0.05) is 6.92 Å². The third kappa shape index (κ3) is 1.67. The molecular weight excluding hydrogens is 212 g/mol. The fraction of sp³-hybridized carbons (Fsp3) is 0.333. The molecule has 7 heteroatoms. The third-order valence-electron chi connectivity index (χ3n) is 2.17. The minimum atomic E-state index is -1.06. The molecule has 0 aliphatic rings. The lowest BCUT2D eigenvalue weighted by Gasteiger charge is -1.95. The van der Waals surface area contributed by atoms with Crippen LogP contribution in [0, 0.1) is 0 Å². The van der Waals surface area contributed by atoms with Crippen molar-refractivity contribution in [1.82, 2.24) is 19.6 Å². The average Bonchev–Trinajstić information content (AvgIpc) is 2.65. The molecule has 0 fully saturated rings. The first kappa shape index (κ1) is 10.3. The van der Waals surface area contributed by atoms with E-state index in [2.05, 4.69) is 15.1 Å². The zero-order chi connectivity index (χ0) is 11.7. The SMILES string of the molecule is CCc1nc2ncc(CC(=O)O)c(=O)n2[nH]1. The summed E-state index contributed by atoms with van der Waals surface area (Å²) in [6.07, 6.45) is 1.57. The minimum Gasteiger partial charge on any atom is -0.481 e. The highest BCUT2D eigenvalue weighted by Gasteiger charge is 2.10. The predicted molar refractivity (Wildman–Crippen MR) is 54.3 cm³/mol. The maximum atomic E-state index is 11.8. The van der Waals surface area contributed by atoms with Crippen molar-refractivity contribution in [3.63, 3.8) is 0 Å². The largest absolute Gasteiger partial charge is 0.481 e. The Balaban J connectivity index is 2.59. The molecular formula is C9H10N4O3. The summed E-state index contributed by atoms with van der Waals surface area (Å²) < 4.78 is 1.16. The van der Waals surface area contributed by atoms with Gasteiger partial charge >= 0.3 is 5.97 Å². The normalized spacial score (nSPS) is 10.8. The summed E-state index contributed by atoms with van der Waals surface area (Å²) in [5, 5.41) is 11.4. The maximum absolute atomic E-state index is 11.8. The summed E-state index contributed by atoms with van der Waals surface area (Å²) in [6.45, 7) is 1.89. The molecule has 2 aromatic heterocycles. The number of nitrogens with zero attached hydrogens (tertiary/aromatic N) is 3. The highest BCUT2D eigenvalue weighted by molar-refractivity contribution is 5.69. The van der Waals surface area contributed by atoms with Crippen LogP contribution >= 0.6 is 0 Å². The zero-order valence-corrected chi connectivity index (χ0v) is 8.60. The molecule has 0 spiro atoms. The molecule has 7 nitrogen and oxygen atoms in total. The van der Waals surface area contributed by atoms with Crippen LogP contribution in [0.5, 0.6) is 0 Å². The first-order valence-corrected chi connectivity index (χ1v) is 4.79. The van der Waals surface area contributed by atoms with Crippen molar-refractivity contribution in [3.8, 4) is 0 Å². The quantitative estimate of drug-likeness (QED) is 0.736. The molecule has 0 bridgehead atoms. The van der Waals surface area contributed by atoms with Gasteiger partial charge in [-0.25, -0.2) is 4.98 Å². The number of nitrogens with one attached hydrogen (secondary N) is 1. The number of carboxylic acid groups (broad SMARTS) is 1. The number of aryl methyl sites for hydroxylation is 1. The Labute approximate surface area is 89.8 Å². The van der Waals surface area contributed by atoms with Gasteiger partial charge in [0.05, 0.1) is 6.42 Å². The van der Waals surface area contributed by atoms with Crippen LogP contribution in [-0.4, -0.2) is 30.7 Å². The first-order valence-electron chi connectivity index (χ1n) is 4.79. The summed E-state index contributed by atoms with van der Waals surface area (Å²) in [4.78, 5) is 30.3. The fourth-order valence-corrected chi connectivity index (χ4v) is 1.38. The number of hydrogen-bond acceptors (Lipinski definition) is 4. The van der Waals surface area contributed by atoms with Crippen LogP contribution < -0.4 is 5.56 Å². The molecule has 0 aliphatic heterocycles. The summed E-state index contributed by atoms with van der Waals surface area (Å²) in [5.74, 6) is -0.165. The van der Waals surface area contributed by atoms with Gasteiger partial charge in [-0.15, -0.1) is 0 Å². The maximum Gasteiger partial charge on any atom is 0.308 e. The fourth-order valence-electron chi connectivity index (χ4n) is 1.38. The van der Waals surface area contributed by atoms with Crippen molar-refractivity contribution in [3.05, 3.63) is 27.9 Å². The van der Waals surface area contributed by atoms with Crippen LogP contribution in [-0.2, 0) is 17.6 Å². The Hall–Kier alpha value is -2.18. The summed E-state index contributed by atoms with van der Waals surface area (Å²) in [5.41, 5.74) is -0.282. The van der Waals surface area contributed by atoms with E-state index >= 15 is 0 Å². The summed E-state index contributed by atoms with van der Waals surface area (Å²) in [7, 11) is 0. The van der Waals surface area contributed by atoms with E-state index in [1.165, 1.54) is 6.20 Å². The second kappa shape index (κ2) is 3.76. The standard InChI is InChI=1S/C9H10N4O3/c1-2-6-11-9-10-4-5(3-7(14)15)8(16)13(9)12-6/h4H,2-3H2,1H3,(H,14,15)(H,10,11,12). The highest BCUT2D eigenvalue weighted by Crippen LogP contribution is 1.98. The monoisotopic (exact) mass is 222 g/mol. The van der Waals surface area contributed by atoms with Crippen molar-refractivity contribution >= 4 is 11.7 Å². The lowest BCUT2D eigenvalue weighted by Crippen LogP contribution is -2.21. The summed E-state index contributed by atoms with van der Waals surface area (Å²) >= 11 is 0. The molecule has 2 N–H and O–H groups in total. The van der Waals surface area contributed by atoms with Crippen molar-refractivity contribution in [2.24, 2.45) is 0 Å². The van der Waals surface area contributed by atoms with Gasteiger partial charge < -0.3 is 5.11 Å². The van der Waals surface area contributed by atoms with Crippen LogP contribution in [0.3, 0.4) is 0 Å². The van der Waals surface area contributed by atoms with Crippen LogP contribution in [0.4, 0.5) is 0 Å². The van der Waals surface area contributed by atoms with Crippen LogP contribution in [0.25, 0.3) is 5.78 Å². The molecule has 0 radical (unpaired) electrons. The van der Waals surface area contributed by atoms with Gasteiger partial charge in [0, 0.05) is 18.2 Å². The van der Waals surface area contributed by atoms with E-state index in [4.69, 9.17) is 5.11 Å². The van der Waals surface area contributed by atoms with Gasteiger partial charge in [-0.3, -0.25) is 14.7 Å². The molecule has 0 atom stereocenters. The average molecular weight is 222 g/mol. The Morgan fingerprint density at radius 2 is 2.38 bits per heavy atom. The number of aromatic amines is 1. The van der Waals surface area contributed by atoms with E-state index in [1.807, 2.05) is 6.92 Å². The van der Waals surface area contributed by atoms with E-state index in [-0.39, 0.29) is 17.8 Å². The molecule has 84 valence electrons. The number of fused-ring (bicyclic) bond motifs is 1. The van der Waals surface area contributed by atoms with E-state index in [0.717, 1.165) is 4.52 Å². The highest BCUT2D eigenvalue weighted by atomic mass is 16.4. The van der Waals surface area contributed by atoms with Crippen molar-refractivity contribution in [2.45, 2.75) is 19.8 Å². The van der Waals surface area contributed by atoms with Gasteiger partial charge in [0.1, 0.15) is 5.82 Å². The van der Waals surface area contributed by atoms with Crippen molar-refractivity contribution < 1.29 is 9.90 Å². The molecule has 0 aromatic carbocycles. The molecule has 0 saturated carbocycles. The molecule has 16 heavy (non-hydrogen) atoms. The van der Waals surface area contributed by atoms with Crippen LogP contribution in [0.2, 0.25) is 0 Å². The zero-order valence-electron chi connectivity index (χ0n) is 8.60. The van der Waals surface area contributed by atoms with E-state index in [9.17, 15) is 9.59 Å².